The minimum absolute atomic E-state index is 0.0376. The molecule has 1 amide bonds. The summed E-state index contributed by atoms with van der Waals surface area (Å²) in [6.07, 6.45) is 2.08. The smallest absolute Gasteiger partial charge is 0.306 e. The quantitative estimate of drug-likeness (QED) is 0.703. The second-order valence-corrected chi connectivity index (χ2v) is 5.12. The molecule has 0 bridgehead atoms. The maximum Gasteiger partial charge on any atom is 0.306 e. The van der Waals surface area contributed by atoms with Gasteiger partial charge >= 0.3 is 5.97 Å². The van der Waals surface area contributed by atoms with E-state index in [4.69, 9.17) is 9.84 Å². The van der Waals surface area contributed by atoms with E-state index >= 15 is 0 Å². The summed E-state index contributed by atoms with van der Waals surface area (Å²) < 4.78 is 5.30. The zero-order valence-electron chi connectivity index (χ0n) is 11.1. The molecule has 0 radical (unpaired) electrons. The number of nitrogens with one attached hydrogen (secondary N) is 1. The average Bonchev–Trinajstić information content (AvgIpc) is 2.34. The molecule has 1 fully saturated rings. The van der Waals surface area contributed by atoms with E-state index < -0.39 is 5.97 Å². The van der Waals surface area contributed by atoms with Crippen LogP contribution < -0.4 is 5.32 Å². The second-order valence-electron chi connectivity index (χ2n) is 5.12. The number of carboxylic acids is 1. The monoisotopic (exact) mass is 257 g/mol. The SMILES string of the molecule is CC(CCCNC(=O)C1CCOCC1C)C(=O)O. The molecule has 0 saturated carbocycles. The average molecular weight is 257 g/mol. The summed E-state index contributed by atoms with van der Waals surface area (Å²) in [5, 5.41) is 11.6. The highest BCUT2D eigenvalue weighted by Gasteiger charge is 2.27. The first-order valence-electron chi connectivity index (χ1n) is 6.60. The molecule has 0 aromatic rings. The molecule has 18 heavy (non-hydrogen) atoms. The minimum Gasteiger partial charge on any atom is -0.481 e. The molecule has 3 unspecified atom stereocenters. The van der Waals surface area contributed by atoms with Crippen LogP contribution in [0.4, 0.5) is 0 Å². The molecule has 5 nitrogen and oxygen atoms in total. The van der Waals surface area contributed by atoms with E-state index in [1.54, 1.807) is 6.92 Å². The molecule has 0 aromatic heterocycles. The van der Waals surface area contributed by atoms with Gasteiger partial charge in [0.25, 0.3) is 0 Å². The molecule has 1 heterocycles. The molecule has 0 spiro atoms. The Bertz CT molecular complexity index is 293. The predicted octanol–water partition coefficient (Wildman–Crippen LogP) is 1.28. The lowest BCUT2D eigenvalue weighted by Crippen LogP contribution is -2.39. The summed E-state index contributed by atoms with van der Waals surface area (Å²) in [7, 11) is 0. The van der Waals surface area contributed by atoms with E-state index in [1.807, 2.05) is 6.92 Å². The highest BCUT2D eigenvalue weighted by atomic mass is 16.5. The number of aliphatic carboxylic acids is 1. The number of carboxylic acid groups (broad SMARTS) is 1. The van der Waals surface area contributed by atoms with E-state index in [-0.39, 0.29) is 23.7 Å². The molecular weight excluding hydrogens is 234 g/mol. The number of amides is 1. The Balaban J connectivity index is 2.18. The van der Waals surface area contributed by atoms with Gasteiger partial charge < -0.3 is 15.2 Å². The van der Waals surface area contributed by atoms with Crippen molar-refractivity contribution in [3.63, 3.8) is 0 Å². The van der Waals surface area contributed by atoms with Crippen molar-refractivity contribution in [2.24, 2.45) is 17.8 Å². The molecule has 104 valence electrons. The van der Waals surface area contributed by atoms with Crippen LogP contribution in [-0.4, -0.2) is 36.7 Å². The molecule has 0 aromatic carbocycles. The van der Waals surface area contributed by atoms with Gasteiger partial charge in [0.1, 0.15) is 0 Å². The fraction of sp³-hybridized carbons (Fsp3) is 0.846. The lowest BCUT2D eigenvalue weighted by Gasteiger charge is -2.27. The van der Waals surface area contributed by atoms with Crippen LogP contribution in [0.1, 0.15) is 33.1 Å². The summed E-state index contributed by atoms with van der Waals surface area (Å²) in [6, 6.07) is 0. The molecule has 5 heteroatoms. The van der Waals surface area contributed by atoms with Crippen LogP contribution in [0.15, 0.2) is 0 Å². The molecule has 1 aliphatic rings. The normalized spacial score (nSPS) is 25.4. The van der Waals surface area contributed by atoms with Gasteiger partial charge in [0.2, 0.25) is 5.91 Å². The van der Waals surface area contributed by atoms with Gasteiger partial charge in [-0.2, -0.15) is 0 Å². The van der Waals surface area contributed by atoms with Gasteiger partial charge in [-0.3, -0.25) is 9.59 Å². The summed E-state index contributed by atoms with van der Waals surface area (Å²) in [5.41, 5.74) is 0. The number of rotatable bonds is 6. The molecule has 1 saturated heterocycles. The summed E-state index contributed by atoms with van der Waals surface area (Å²) >= 11 is 0. The maximum atomic E-state index is 11.9. The zero-order chi connectivity index (χ0) is 13.5. The molecule has 1 aliphatic heterocycles. The lowest BCUT2D eigenvalue weighted by molar-refractivity contribution is -0.141. The van der Waals surface area contributed by atoms with Crippen LogP contribution in [-0.2, 0) is 14.3 Å². The Morgan fingerprint density at radius 2 is 2.22 bits per heavy atom. The Hall–Kier alpha value is -1.10. The summed E-state index contributed by atoms with van der Waals surface area (Å²) in [6.45, 7) is 5.56. The van der Waals surface area contributed by atoms with E-state index in [0.717, 1.165) is 6.42 Å². The van der Waals surface area contributed by atoms with Gasteiger partial charge in [-0.05, 0) is 25.2 Å². The first kappa shape index (κ1) is 15.0. The van der Waals surface area contributed by atoms with Gasteiger partial charge in [0, 0.05) is 25.7 Å². The summed E-state index contributed by atoms with van der Waals surface area (Å²) in [5.74, 6) is -0.746. The van der Waals surface area contributed by atoms with Crippen LogP contribution in [0.25, 0.3) is 0 Å². The highest BCUT2D eigenvalue weighted by molar-refractivity contribution is 5.79. The van der Waals surface area contributed by atoms with Gasteiger partial charge in [0.05, 0.1) is 5.92 Å². The Morgan fingerprint density at radius 1 is 1.50 bits per heavy atom. The first-order valence-corrected chi connectivity index (χ1v) is 6.60. The fourth-order valence-corrected chi connectivity index (χ4v) is 2.14. The van der Waals surface area contributed by atoms with Crippen molar-refractivity contribution in [3.8, 4) is 0 Å². The van der Waals surface area contributed by atoms with E-state index in [9.17, 15) is 9.59 Å². The first-order chi connectivity index (χ1) is 8.52. The van der Waals surface area contributed by atoms with E-state index in [2.05, 4.69) is 5.32 Å². The third-order valence-corrected chi connectivity index (χ3v) is 3.51. The number of ether oxygens (including phenoxy) is 1. The largest absolute Gasteiger partial charge is 0.481 e. The minimum atomic E-state index is -0.778. The lowest BCUT2D eigenvalue weighted by atomic mass is 9.89. The van der Waals surface area contributed by atoms with Gasteiger partial charge in [-0.15, -0.1) is 0 Å². The maximum absolute atomic E-state index is 11.9. The molecule has 3 atom stereocenters. The molecule has 1 rings (SSSR count). The Morgan fingerprint density at radius 3 is 2.83 bits per heavy atom. The number of carbonyl (C=O) groups is 2. The predicted molar refractivity (Wildman–Crippen MR) is 67.1 cm³/mol. The number of hydrogen-bond acceptors (Lipinski definition) is 3. The second kappa shape index (κ2) is 7.36. The third kappa shape index (κ3) is 4.64. The molecule has 0 aliphatic carbocycles. The van der Waals surface area contributed by atoms with Gasteiger partial charge in [0.15, 0.2) is 0 Å². The van der Waals surface area contributed by atoms with Crippen molar-refractivity contribution < 1.29 is 19.4 Å². The highest BCUT2D eigenvalue weighted by Crippen LogP contribution is 2.21. The van der Waals surface area contributed by atoms with E-state index in [0.29, 0.717) is 32.6 Å². The van der Waals surface area contributed by atoms with Crippen molar-refractivity contribution in [1.29, 1.82) is 0 Å². The third-order valence-electron chi connectivity index (χ3n) is 3.51. The topological polar surface area (TPSA) is 75.6 Å². The Kier molecular flexibility index (Phi) is 6.12. The van der Waals surface area contributed by atoms with Crippen LogP contribution in [0.3, 0.4) is 0 Å². The van der Waals surface area contributed by atoms with Crippen LogP contribution in [0.5, 0.6) is 0 Å². The molecular formula is C13H23NO4. The fourth-order valence-electron chi connectivity index (χ4n) is 2.14. The van der Waals surface area contributed by atoms with E-state index in [1.165, 1.54) is 0 Å². The van der Waals surface area contributed by atoms with Gasteiger partial charge in [-0.25, -0.2) is 0 Å². The van der Waals surface area contributed by atoms with Crippen molar-refractivity contribution in [1.82, 2.24) is 5.32 Å². The number of carbonyl (C=O) groups excluding carboxylic acids is 1. The summed E-state index contributed by atoms with van der Waals surface area (Å²) in [4.78, 5) is 22.5. The molecule has 2 N–H and O–H groups in total. The standard InChI is InChI=1S/C13H23NO4/c1-9(13(16)17)4-3-6-14-12(15)11-5-7-18-8-10(11)2/h9-11H,3-8H2,1-2H3,(H,14,15)(H,16,17). The van der Waals surface area contributed by atoms with Crippen molar-refractivity contribution >= 4 is 11.9 Å². The number of hydrogen-bond donors (Lipinski definition) is 2. The Labute approximate surface area is 108 Å². The van der Waals surface area contributed by atoms with Gasteiger partial charge in [-0.1, -0.05) is 13.8 Å². The zero-order valence-corrected chi connectivity index (χ0v) is 11.1. The van der Waals surface area contributed by atoms with Crippen molar-refractivity contribution in [2.75, 3.05) is 19.8 Å². The van der Waals surface area contributed by atoms with Crippen LogP contribution >= 0.6 is 0 Å². The van der Waals surface area contributed by atoms with Crippen LogP contribution in [0, 0.1) is 17.8 Å². The van der Waals surface area contributed by atoms with Crippen LogP contribution in [0.2, 0.25) is 0 Å². The van der Waals surface area contributed by atoms with Crippen molar-refractivity contribution in [3.05, 3.63) is 0 Å². The van der Waals surface area contributed by atoms with Crippen molar-refractivity contribution in [2.45, 2.75) is 33.1 Å².